The molecule has 0 amide bonds. The summed E-state index contributed by atoms with van der Waals surface area (Å²) in [6.07, 6.45) is 6.72. The van der Waals surface area contributed by atoms with Gasteiger partial charge in [0.25, 0.3) is 0 Å². The van der Waals surface area contributed by atoms with Crippen molar-refractivity contribution < 1.29 is 4.74 Å². The van der Waals surface area contributed by atoms with Gasteiger partial charge in [0.2, 0.25) is 0 Å². The highest BCUT2D eigenvalue weighted by Crippen LogP contribution is 2.13. The number of hydrogen-bond acceptors (Lipinski definition) is 3. The Bertz CT molecular complexity index is 348. The second-order valence-electron chi connectivity index (χ2n) is 4.77. The van der Waals surface area contributed by atoms with Gasteiger partial charge in [0.15, 0.2) is 0 Å². The molecule has 5 heteroatoms. The highest BCUT2D eigenvalue weighted by atomic mass is 79.9. The molecule has 0 bridgehead atoms. The topological polar surface area (TPSA) is 30.3 Å². The zero-order valence-corrected chi connectivity index (χ0v) is 12.6. The molecule has 0 radical (unpaired) electrons. The first-order chi connectivity index (χ1) is 8.79. The van der Waals surface area contributed by atoms with E-state index in [0.29, 0.717) is 6.10 Å². The number of aryl methyl sites for hydroxylation is 1. The summed E-state index contributed by atoms with van der Waals surface area (Å²) in [6.45, 7) is 7.35. The molecule has 2 heterocycles. The van der Waals surface area contributed by atoms with Gasteiger partial charge in [0.1, 0.15) is 5.82 Å². The number of imidazole rings is 1. The van der Waals surface area contributed by atoms with E-state index in [-0.39, 0.29) is 0 Å². The van der Waals surface area contributed by atoms with Gasteiger partial charge in [-0.3, -0.25) is 0 Å². The van der Waals surface area contributed by atoms with Gasteiger partial charge in [0.05, 0.1) is 12.7 Å². The third kappa shape index (κ3) is 4.07. The van der Waals surface area contributed by atoms with E-state index in [4.69, 9.17) is 4.74 Å². The van der Waals surface area contributed by atoms with Crippen molar-refractivity contribution in [3.05, 3.63) is 18.2 Å². The molecule has 2 rings (SSSR count). The maximum Gasteiger partial charge on any atom is 0.105 e. The number of likely N-dealkylation sites (tertiary alicyclic amines) is 1. The maximum atomic E-state index is 5.76. The second-order valence-corrected chi connectivity index (χ2v) is 5.56. The molecule has 18 heavy (non-hydrogen) atoms. The van der Waals surface area contributed by atoms with Gasteiger partial charge < -0.3 is 14.2 Å². The average Bonchev–Trinajstić information content (AvgIpc) is 2.81. The van der Waals surface area contributed by atoms with Crippen LogP contribution in [0.25, 0.3) is 0 Å². The molecule has 0 spiro atoms. The van der Waals surface area contributed by atoms with Gasteiger partial charge in [-0.05, 0) is 19.8 Å². The van der Waals surface area contributed by atoms with E-state index in [2.05, 4.69) is 43.5 Å². The number of nitrogens with zero attached hydrogens (tertiary/aromatic N) is 3. The van der Waals surface area contributed by atoms with Crippen LogP contribution >= 0.6 is 15.9 Å². The van der Waals surface area contributed by atoms with E-state index >= 15 is 0 Å². The fraction of sp³-hybridized carbons (Fsp3) is 0.769. The predicted octanol–water partition coefficient (Wildman–Crippen LogP) is 2.07. The first-order valence-corrected chi connectivity index (χ1v) is 7.79. The lowest BCUT2D eigenvalue weighted by molar-refractivity contribution is 0.0153. The largest absolute Gasteiger partial charge is 0.377 e. The SMILES string of the molecule is Cc1nccn1CCN1CCC(OCCBr)CC1. The molecule has 1 aliphatic rings. The predicted molar refractivity (Wildman–Crippen MR) is 76.2 cm³/mol. The summed E-state index contributed by atoms with van der Waals surface area (Å²) in [4.78, 5) is 6.77. The monoisotopic (exact) mass is 315 g/mol. The molecular weight excluding hydrogens is 294 g/mol. The number of piperidine rings is 1. The van der Waals surface area contributed by atoms with Gasteiger partial charge in [-0.1, -0.05) is 15.9 Å². The van der Waals surface area contributed by atoms with Crippen LogP contribution in [0.4, 0.5) is 0 Å². The minimum atomic E-state index is 0.466. The van der Waals surface area contributed by atoms with E-state index in [0.717, 1.165) is 56.8 Å². The summed E-state index contributed by atoms with van der Waals surface area (Å²) in [7, 11) is 0. The standard InChI is InChI=1S/C13H22BrN3O/c1-12-15-5-8-17(12)10-9-16-6-2-13(3-7-16)18-11-4-14/h5,8,13H,2-4,6-7,9-11H2,1H3. The van der Waals surface area contributed by atoms with Crippen molar-refractivity contribution in [1.82, 2.24) is 14.5 Å². The molecule has 0 saturated carbocycles. The molecule has 1 aromatic heterocycles. The molecule has 1 aliphatic heterocycles. The Labute approximate surface area is 117 Å². The van der Waals surface area contributed by atoms with E-state index < -0.39 is 0 Å². The lowest BCUT2D eigenvalue weighted by atomic mass is 10.1. The number of hydrogen-bond donors (Lipinski definition) is 0. The third-order valence-corrected chi connectivity index (χ3v) is 3.87. The summed E-state index contributed by atoms with van der Waals surface area (Å²) in [6, 6.07) is 0. The summed E-state index contributed by atoms with van der Waals surface area (Å²) in [5, 5.41) is 0.938. The van der Waals surface area contributed by atoms with Crippen LogP contribution in [0, 0.1) is 6.92 Å². The number of halogens is 1. The highest BCUT2D eigenvalue weighted by Gasteiger charge is 2.19. The maximum absolute atomic E-state index is 5.76. The van der Waals surface area contributed by atoms with Crippen LogP contribution in [-0.2, 0) is 11.3 Å². The molecule has 0 unspecified atom stereocenters. The molecule has 1 saturated heterocycles. The van der Waals surface area contributed by atoms with Crippen molar-refractivity contribution >= 4 is 15.9 Å². The summed E-state index contributed by atoms with van der Waals surface area (Å²) < 4.78 is 7.98. The van der Waals surface area contributed by atoms with Gasteiger partial charge in [-0.25, -0.2) is 4.98 Å². The highest BCUT2D eigenvalue weighted by molar-refractivity contribution is 9.09. The van der Waals surface area contributed by atoms with Crippen molar-refractivity contribution in [2.45, 2.75) is 32.4 Å². The zero-order chi connectivity index (χ0) is 12.8. The van der Waals surface area contributed by atoms with Gasteiger partial charge in [-0.15, -0.1) is 0 Å². The Hall–Kier alpha value is -0.390. The Morgan fingerprint density at radius 3 is 2.78 bits per heavy atom. The Balaban J connectivity index is 1.66. The average molecular weight is 316 g/mol. The van der Waals surface area contributed by atoms with E-state index in [1.165, 1.54) is 0 Å². The Morgan fingerprint density at radius 1 is 1.39 bits per heavy atom. The Morgan fingerprint density at radius 2 is 2.17 bits per heavy atom. The molecule has 0 atom stereocenters. The number of alkyl halides is 1. The van der Waals surface area contributed by atoms with Crippen LogP contribution in [0.3, 0.4) is 0 Å². The first-order valence-electron chi connectivity index (χ1n) is 6.67. The zero-order valence-electron chi connectivity index (χ0n) is 11.0. The number of aromatic nitrogens is 2. The fourth-order valence-electron chi connectivity index (χ4n) is 2.40. The summed E-state index contributed by atoms with van der Waals surface area (Å²) in [5.41, 5.74) is 0. The van der Waals surface area contributed by atoms with Crippen LogP contribution in [0.1, 0.15) is 18.7 Å². The smallest absolute Gasteiger partial charge is 0.105 e. The molecule has 1 fully saturated rings. The van der Waals surface area contributed by atoms with Crippen molar-refractivity contribution in [3.8, 4) is 0 Å². The molecule has 4 nitrogen and oxygen atoms in total. The van der Waals surface area contributed by atoms with Crippen LogP contribution < -0.4 is 0 Å². The minimum Gasteiger partial charge on any atom is -0.377 e. The fourth-order valence-corrected chi connectivity index (χ4v) is 2.59. The van der Waals surface area contributed by atoms with Gasteiger partial charge >= 0.3 is 0 Å². The van der Waals surface area contributed by atoms with Crippen molar-refractivity contribution in [2.24, 2.45) is 0 Å². The van der Waals surface area contributed by atoms with Gasteiger partial charge in [-0.2, -0.15) is 0 Å². The normalized spacial score (nSPS) is 18.3. The molecule has 0 N–H and O–H groups in total. The third-order valence-electron chi connectivity index (χ3n) is 3.55. The van der Waals surface area contributed by atoms with Crippen LogP contribution in [-0.4, -0.2) is 52.1 Å². The second kappa shape index (κ2) is 7.26. The summed E-state index contributed by atoms with van der Waals surface area (Å²) in [5.74, 6) is 1.10. The Kier molecular flexibility index (Phi) is 5.66. The van der Waals surface area contributed by atoms with Crippen LogP contribution in [0.15, 0.2) is 12.4 Å². The molecule has 1 aromatic rings. The van der Waals surface area contributed by atoms with Crippen molar-refractivity contribution in [1.29, 1.82) is 0 Å². The summed E-state index contributed by atoms with van der Waals surface area (Å²) >= 11 is 3.40. The van der Waals surface area contributed by atoms with E-state index in [1.54, 1.807) is 0 Å². The lowest BCUT2D eigenvalue weighted by Gasteiger charge is -2.31. The minimum absolute atomic E-state index is 0.466. The first kappa shape index (κ1) is 14.0. The van der Waals surface area contributed by atoms with Crippen LogP contribution in [0.5, 0.6) is 0 Å². The van der Waals surface area contributed by atoms with Crippen molar-refractivity contribution in [2.75, 3.05) is 31.6 Å². The number of rotatable bonds is 6. The van der Waals surface area contributed by atoms with Crippen molar-refractivity contribution in [3.63, 3.8) is 0 Å². The molecule has 0 aliphatic carbocycles. The molecule has 102 valence electrons. The van der Waals surface area contributed by atoms with Crippen LogP contribution in [0.2, 0.25) is 0 Å². The lowest BCUT2D eigenvalue weighted by Crippen LogP contribution is -2.38. The molecular formula is C13H22BrN3O. The van der Waals surface area contributed by atoms with E-state index in [1.807, 2.05) is 6.20 Å². The van der Waals surface area contributed by atoms with E-state index in [9.17, 15) is 0 Å². The number of ether oxygens (including phenoxy) is 1. The van der Waals surface area contributed by atoms with Gasteiger partial charge in [0, 0.05) is 43.9 Å². The molecule has 0 aromatic carbocycles. The quantitative estimate of drug-likeness (QED) is 0.753.